The Hall–Kier alpha value is -1.75. The standard InChI is InChI=1S/C11H13NO4/c1-15-8-4-2-7(3-5-8)10-9(6-13)12-11(14)16-10/h2-5,9-10,13H,6H2,1H3,(H,12,14)/t9-,10+/m1/s1. The van der Waals surface area contributed by atoms with Crippen molar-refractivity contribution in [2.75, 3.05) is 13.7 Å². The van der Waals surface area contributed by atoms with Crippen LogP contribution in [-0.4, -0.2) is 31.0 Å². The lowest BCUT2D eigenvalue weighted by Gasteiger charge is -2.15. The Bertz CT molecular complexity index is 376. The highest BCUT2D eigenvalue weighted by Gasteiger charge is 2.34. The van der Waals surface area contributed by atoms with Crippen molar-refractivity contribution in [3.63, 3.8) is 0 Å². The molecule has 2 rings (SSSR count). The summed E-state index contributed by atoms with van der Waals surface area (Å²) in [4.78, 5) is 11.1. The molecule has 0 unspecified atom stereocenters. The van der Waals surface area contributed by atoms with Crippen molar-refractivity contribution < 1.29 is 19.4 Å². The number of alkyl carbamates (subject to hydrolysis) is 1. The molecule has 1 fully saturated rings. The zero-order valence-corrected chi connectivity index (χ0v) is 8.84. The fraction of sp³-hybridized carbons (Fsp3) is 0.364. The van der Waals surface area contributed by atoms with Crippen molar-refractivity contribution in [1.29, 1.82) is 0 Å². The predicted octanol–water partition coefficient (Wildman–Crippen LogP) is 0.837. The van der Waals surface area contributed by atoms with Crippen molar-refractivity contribution in [2.45, 2.75) is 12.1 Å². The number of hydrogen-bond acceptors (Lipinski definition) is 4. The lowest BCUT2D eigenvalue weighted by Crippen LogP contribution is -2.31. The van der Waals surface area contributed by atoms with Gasteiger partial charge in [-0.05, 0) is 17.7 Å². The van der Waals surface area contributed by atoms with Crippen LogP contribution in [0.4, 0.5) is 4.79 Å². The maximum absolute atomic E-state index is 11.1. The lowest BCUT2D eigenvalue weighted by molar-refractivity contribution is 0.119. The Morgan fingerprint density at radius 3 is 2.69 bits per heavy atom. The number of aliphatic hydroxyl groups excluding tert-OH is 1. The van der Waals surface area contributed by atoms with Gasteiger partial charge in [-0.1, -0.05) is 12.1 Å². The van der Waals surface area contributed by atoms with Crippen LogP contribution in [0.2, 0.25) is 0 Å². The molecule has 1 aromatic rings. The average Bonchev–Trinajstić information content (AvgIpc) is 2.70. The second-order valence-electron chi connectivity index (χ2n) is 3.53. The zero-order chi connectivity index (χ0) is 11.5. The Balaban J connectivity index is 2.19. The van der Waals surface area contributed by atoms with Crippen LogP contribution in [0, 0.1) is 0 Å². The Morgan fingerprint density at radius 2 is 2.12 bits per heavy atom. The molecule has 0 aliphatic carbocycles. The van der Waals surface area contributed by atoms with Gasteiger partial charge in [-0.3, -0.25) is 0 Å². The molecule has 5 nitrogen and oxygen atoms in total. The topological polar surface area (TPSA) is 67.8 Å². The summed E-state index contributed by atoms with van der Waals surface area (Å²) in [6, 6.07) is 6.81. The summed E-state index contributed by atoms with van der Waals surface area (Å²) in [7, 11) is 1.59. The summed E-state index contributed by atoms with van der Waals surface area (Å²) < 4.78 is 10.1. The Morgan fingerprint density at radius 1 is 1.44 bits per heavy atom. The molecule has 0 spiro atoms. The maximum Gasteiger partial charge on any atom is 0.408 e. The summed E-state index contributed by atoms with van der Waals surface area (Å²) >= 11 is 0. The van der Waals surface area contributed by atoms with Gasteiger partial charge in [0, 0.05) is 0 Å². The first-order valence-corrected chi connectivity index (χ1v) is 4.96. The molecule has 0 bridgehead atoms. The minimum atomic E-state index is -0.500. The number of rotatable bonds is 3. The maximum atomic E-state index is 11.1. The number of carbonyl (C=O) groups excluding carboxylic acids is 1. The number of amides is 1. The first-order chi connectivity index (χ1) is 7.74. The summed E-state index contributed by atoms with van der Waals surface area (Å²) in [5.41, 5.74) is 0.832. The van der Waals surface area contributed by atoms with Gasteiger partial charge in [0.05, 0.1) is 19.8 Å². The number of carbonyl (C=O) groups is 1. The van der Waals surface area contributed by atoms with Crippen molar-refractivity contribution in [3.8, 4) is 5.75 Å². The van der Waals surface area contributed by atoms with E-state index in [0.717, 1.165) is 11.3 Å². The van der Waals surface area contributed by atoms with Crippen LogP contribution in [0.25, 0.3) is 0 Å². The SMILES string of the molecule is COc1ccc([C@@H]2OC(=O)N[C@@H]2CO)cc1. The largest absolute Gasteiger partial charge is 0.497 e. The van der Waals surface area contributed by atoms with Gasteiger partial charge in [-0.15, -0.1) is 0 Å². The molecular weight excluding hydrogens is 210 g/mol. The van der Waals surface area contributed by atoms with E-state index in [9.17, 15) is 4.79 Å². The minimum absolute atomic E-state index is 0.150. The van der Waals surface area contributed by atoms with Gasteiger partial charge in [0.1, 0.15) is 5.75 Å². The van der Waals surface area contributed by atoms with Crippen LogP contribution in [0.1, 0.15) is 11.7 Å². The van der Waals surface area contributed by atoms with Gasteiger partial charge in [0.15, 0.2) is 6.10 Å². The van der Waals surface area contributed by atoms with Crippen molar-refractivity contribution in [1.82, 2.24) is 5.32 Å². The fourth-order valence-corrected chi connectivity index (χ4v) is 1.69. The first-order valence-electron chi connectivity index (χ1n) is 4.96. The van der Waals surface area contributed by atoms with Crippen LogP contribution in [0.5, 0.6) is 5.75 Å². The number of hydrogen-bond donors (Lipinski definition) is 2. The molecule has 86 valence electrons. The van der Waals surface area contributed by atoms with E-state index in [1.165, 1.54) is 0 Å². The van der Waals surface area contributed by atoms with Gasteiger partial charge in [-0.25, -0.2) is 4.79 Å². The summed E-state index contributed by atoms with van der Waals surface area (Å²) in [5, 5.41) is 11.6. The van der Waals surface area contributed by atoms with E-state index in [4.69, 9.17) is 14.6 Å². The summed E-state index contributed by atoms with van der Waals surface area (Å²) in [5.74, 6) is 0.738. The highest BCUT2D eigenvalue weighted by molar-refractivity contribution is 5.70. The third kappa shape index (κ3) is 1.94. The van der Waals surface area contributed by atoms with Gasteiger partial charge in [0.2, 0.25) is 0 Å². The van der Waals surface area contributed by atoms with Crippen LogP contribution >= 0.6 is 0 Å². The minimum Gasteiger partial charge on any atom is -0.497 e. The predicted molar refractivity (Wildman–Crippen MR) is 56.2 cm³/mol. The molecular formula is C11H13NO4. The number of methoxy groups -OCH3 is 1. The molecule has 1 amide bonds. The van der Waals surface area contributed by atoms with Crippen molar-refractivity contribution in [3.05, 3.63) is 29.8 Å². The van der Waals surface area contributed by atoms with Crippen molar-refractivity contribution >= 4 is 6.09 Å². The molecule has 0 radical (unpaired) electrons. The number of benzene rings is 1. The van der Waals surface area contributed by atoms with Crippen molar-refractivity contribution in [2.24, 2.45) is 0 Å². The summed E-state index contributed by atoms with van der Waals surface area (Å²) in [6.45, 7) is -0.150. The normalized spacial score (nSPS) is 23.8. The number of nitrogens with one attached hydrogen (secondary N) is 1. The molecule has 1 saturated heterocycles. The molecule has 0 saturated carbocycles. The highest BCUT2D eigenvalue weighted by atomic mass is 16.6. The third-order valence-electron chi connectivity index (χ3n) is 2.54. The van der Waals surface area contributed by atoms with Crippen LogP contribution in [0.3, 0.4) is 0 Å². The van der Waals surface area contributed by atoms with Gasteiger partial charge < -0.3 is 19.9 Å². The van der Waals surface area contributed by atoms with Crippen LogP contribution < -0.4 is 10.1 Å². The van der Waals surface area contributed by atoms with Crippen LogP contribution in [-0.2, 0) is 4.74 Å². The van der Waals surface area contributed by atoms with Gasteiger partial charge >= 0.3 is 6.09 Å². The molecule has 1 aliphatic rings. The second kappa shape index (κ2) is 4.40. The van der Waals surface area contributed by atoms with E-state index in [0.29, 0.717) is 0 Å². The van der Waals surface area contributed by atoms with E-state index in [1.54, 1.807) is 19.2 Å². The monoisotopic (exact) mass is 223 g/mol. The third-order valence-corrected chi connectivity index (χ3v) is 2.54. The number of aliphatic hydroxyl groups is 1. The van der Waals surface area contributed by atoms with E-state index in [1.807, 2.05) is 12.1 Å². The summed E-state index contributed by atoms with van der Waals surface area (Å²) in [6.07, 6.45) is -0.941. The average molecular weight is 223 g/mol. The van der Waals surface area contributed by atoms with E-state index >= 15 is 0 Å². The van der Waals surface area contributed by atoms with E-state index in [2.05, 4.69) is 5.32 Å². The molecule has 5 heteroatoms. The smallest absolute Gasteiger partial charge is 0.408 e. The van der Waals surface area contributed by atoms with Crippen LogP contribution in [0.15, 0.2) is 24.3 Å². The van der Waals surface area contributed by atoms with E-state index < -0.39 is 12.2 Å². The Kier molecular flexibility index (Phi) is 2.96. The molecule has 2 N–H and O–H groups in total. The molecule has 2 atom stereocenters. The molecule has 1 heterocycles. The molecule has 16 heavy (non-hydrogen) atoms. The lowest BCUT2D eigenvalue weighted by atomic mass is 10.0. The second-order valence-corrected chi connectivity index (χ2v) is 3.53. The highest BCUT2D eigenvalue weighted by Crippen LogP contribution is 2.27. The Labute approximate surface area is 93.0 Å². The van der Waals surface area contributed by atoms with Gasteiger partial charge in [0.25, 0.3) is 0 Å². The molecule has 0 aromatic heterocycles. The zero-order valence-electron chi connectivity index (χ0n) is 8.84. The fourth-order valence-electron chi connectivity index (χ4n) is 1.69. The number of cyclic esters (lactones) is 1. The molecule has 1 aliphatic heterocycles. The number of ether oxygens (including phenoxy) is 2. The first kappa shape index (κ1) is 10.8. The van der Waals surface area contributed by atoms with Gasteiger partial charge in [-0.2, -0.15) is 0 Å². The quantitative estimate of drug-likeness (QED) is 0.796. The molecule has 1 aromatic carbocycles. The van der Waals surface area contributed by atoms with E-state index in [-0.39, 0.29) is 12.6 Å².